The van der Waals surface area contributed by atoms with Crippen LogP contribution in [0, 0.1) is 0 Å². The van der Waals surface area contributed by atoms with E-state index in [0.29, 0.717) is 23.7 Å². The fraction of sp³-hybridized carbons (Fsp3) is 0.167. The molecule has 3 aromatic carbocycles. The van der Waals surface area contributed by atoms with Gasteiger partial charge in [-0.25, -0.2) is 0 Å². The Morgan fingerprint density at radius 3 is 2.41 bits per heavy atom. The molecule has 0 N–H and O–H groups in total. The van der Waals surface area contributed by atoms with Crippen LogP contribution in [0.15, 0.2) is 78.9 Å². The minimum Gasteiger partial charge on any atom is -0.325 e. The van der Waals surface area contributed by atoms with Crippen LogP contribution in [0.1, 0.15) is 17.3 Å². The first kappa shape index (κ1) is 19.2. The van der Waals surface area contributed by atoms with Crippen molar-refractivity contribution in [3.63, 3.8) is 0 Å². The molecule has 0 spiro atoms. The lowest BCUT2D eigenvalue weighted by molar-refractivity contribution is -0.124. The summed E-state index contributed by atoms with van der Waals surface area (Å²) in [4.78, 5) is 29.6. The molecular formula is C24H21ClN2O2. The van der Waals surface area contributed by atoms with E-state index in [4.69, 9.17) is 11.6 Å². The molecule has 1 aliphatic rings. The van der Waals surface area contributed by atoms with Crippen molar-refractivity contribution < 1.29 is 9.59 Å². The lowest BCUT2D eigenvalue weighted by Gasteiger charge is -2.39. The van der Waals surface area contributed by atoms with Crippen LogP contribution in [-0.2, 0) is 4.79 Å². The molecule has 3 aromatic rings. The Kier molecular flexibility index (Phi) is 5.36. The van der Waals surface area contributed by atoms with Crippen LogP contribution in [0.5, 0.6) is 0 Å². The van der Waals surface area contributed by atoms with E-state index in [9.17, 15) is 9.59 Å². The summed E-state index contributed by atoms with van der Waals surface area (Å²) in [5.41, 5.74) is 3.42. The van der Waals surface area contributed by atoms with Crippen molar-refractivity contribution in [3.8, 4) is 11.1 Å². The second-order valence-corrected chi connectivity index (χ2v) is 7.49. The highest BCUT2D eigenvalue weighted by Crippen LogP contribution is 2.32. The van der Waals surface area contributed by atoms with E-state index in [1.807, 2.05) is 54.6 Å². The van der Waals surface area contributed by atoms with Crippen molar-refractivity contribution in [1.82, 2.24) is 4.90 Å². The van der Waals surface area contributed by atoms with Gasteiger partial charge in [0, 0.05) is 29.2 Å². The van der Waals surface area contributed by atoms with Gasteiger partial charge in [-0.05, 0) is 36.8 Å². The number of nitrogens with zero attached hydrogens (tertiary/aromatic N) is 2. The SMILES string of the molecule is CC1C(=O)N(c2ccccc2-c2ccccc2)CCN1C(=O)c1cccc(Cl)c1. The molecule has 29 heavy (non-hydrogen) atoms. The topological polar surface area (TPSA) is 40.6 Å². The van der Waals surface area contributed by atoms with E-state index in [2.05, 4.69) is 0 Å². The summed E-state index contributed by atoms with van der Waals surface area (Å²) in [5.74, 6) is -0.264. The number of rotatable bonds is 3. The molecule has 5 heteroatoms. The van der Waals surface area contributed by atoms with Gasteiger partial charge in [0.15, 0.2) is 0 Å². The van der Waals surface area contributed by atoms with Gasteiger partial charge in [-0.1, -0.05) is 66.2 Å². The first-order chi connectivity index (χ1) is 14.1. The number of anilines is 1. The van der Waals surface area contributed by atoms with Gasteiger partial charge in [0.05, 0.1) is 5.69 Å². The molecule has 4 nitrogen and oxygen atoms in total. The lowest BCUT2D eigenvalue weighted by atomic mass is 10.0. The van der Waals surface area contributed by atoms with Crippen LogP contribution < -0.4 is 4.90 Å². The van der Waals surface area contributed by atoms with E-state index < -0.39 is 6.04 Å². The number of hydrogen-bond donors (Lipinski definition) is 0. The monoisotopic (exact) mass is 404 g/mol. The number of benzene rings is 3. The zero-order valence-electron chi connectivity index (χ0n) is 16.1. The van der Waals surface area contributed by atoms with Gasteiger partial charge in [0.2, 0.25) is 5.91 Å². The normalized spacial score (nSPS) is 16.8. The molecule has 1 atom stereocenters. The zero-order valence-corrected chi connectivity index (χ0v) is 16.8. The summed E-state index contributed by atoms with van der Waals surface area (Å²) in [5, 5.41) is 0.505. The van der Waals surface area contributed by atoms with Crippen LogP contribution in [0.3, 0.4) is 0 Å². The summed E-state index contributed by atoms with van der Waals surface area (Å²) >= 11 is 6.03. The molecule has 1 heterocycles. The molecule has 146 valence electrons. The number of hydrogen-bond acceptors (Lipinski definition) is 2. The minimum absolute atomic E-state index is 0.0880. The molecule has 1 fully saturated rings. The molecule has 1 saturated heterocycles. The predicted molar refractivity (Wildman–Crippen MR) is 116 cm³/mol. The molecular weight excluding hydrogens is 384 g/mol. The van der Waals surface area contributed by atoms with Crippen LogP contribution in [0.2, 0.25) is 5.02 Å². The second-order valence-electron chi connectivity index (χ2n) is 7.06. The molecule has 4 rings (SSSR count). The Morgan fingerprint density at radius 1 is 0.931 bits per heavy atom. The summed E-state index contributed by atoms with van der Waals surface area (Å²) in [6.07, 6.45) is 0. The quantitative estimate of drug-likeness (QED) is 0.624. The number of carbonyl (C=O) groups is 2. The number of halogens is 1. The Labute approximate surface area is 175 Å². The van der Waals surface area contributed by atoms with E-state index in [1.165, 1.54) is 0 Å². The van der Waals surface area contributed by atoms with Gasteiger partial charge in [0.1, 0.15) is 6.04 Å². The van der Waals surface area contributed by atoms with Gasteiger partial charge in [-0.3, -0.25) is 9.59 Å². The highest BCUT2D eigenvalue weighted by Gasteiger charge is 2.36. The molecule has 0 bridgehead atoms. The van der Waals surface area contributed by atoms with Crippen molar-refractivity contribution in [2.24, 2.45) is 0 Å². The van der Waals surface area contributed by atoms with E-state index >= 15 is 0 Å². The number of para-hydroxylation sites is 1. The third-order valence-corrected chi connectivity index (χ3v) is 5.50. The van der Waals surface area contributed by atoms with Crippen LogP contribution in [0.25, 0.3) is 11.1 Å². The maximum Gasteiger partial charge on any atom is 0.254 e. The summed E-state index contributed by atoms with van der Waals surface area (Å²) in [7, 11) is 0. The molecule has 0 saturated carbocycles. The van der Waals surface area contributed by atoms with Crippen LogP contribution >= 0.6 is 11.6 Å². The van der Waals surface area contributed by atoms with Crippen LogP contribution in [-0.4, -0.2) is 35.8 Å². The number of amides is 2. The summed E-state index contributed by atoms with van der Waals surface area (Å²) in [6, 6.07) is 24.2. The standard InChI is InChI=1S/C24H21ClN2O2/c1-17-23(28)27(15-14-26(17)24(29)19-10-7-11-20(25)16-19)22-13-6-5-12-21(22)18-8-3-2-4-9-18/h2-13,16-17H,14-15H2,1H3. The Balaban J connectivity index is 1.61. The number of carbonyl (C=O) groups excluding carboxylic acids is 2. The van der Waals surface area contributed by atoms with Crippen molar-refractivity contribution in [2.45, 2.75) is 13.0 Å². The Morgan fingerprint density at radius 2 is 1.66 bits per heavy atom. The Bertz CT molecular complexity index is 1050. The van der Waals surface area contributed by atoms with Gasteiger partial charge < -0.3 is 9.80 Å². The van der Waals surface area contributed by atoms with E-state index in [-0.39, 0.29) is 11.8 Å². The fourth-order valence-corrected chi connectivity index (χ4v) is 3.94. The van der Waals surface area contributed by atoms with Crippen molar-refractivity contribution in [3.05, 3.63) is 89.4 Å². The average molecular weight is 405 g/mol. The summed E-state index contributed by atoms with van der Waals surface area (Å²) < 4.78 is 0. The van der Waals surface area contributed by atoms with E-state index in [1.54, 1.807) is 41.0 Å². The van der Waals surface area contributed by atoms with Gasteiger partial charge in [0.25, 0.3) is 5.91 Å². The molecule has 1 aliphatic heterocycles. The first-order valence-corrected chi connectivity index (χ1v) is 9.96. The molecule has 2 amide bonds. The molecule has 0 radical (unpaired) electrons. The third-order valence-electron chi connectivity index (χ3n) is 5.27. The molecule has 1 unspecified atom stereocenters. The van der Waals surface area contributed by atoms with Crippen LogP contribution in [0.4, 0.5) is 5.69 Å². The highest BCUT2D eigenvalue weighted by molar-refractivity contribution is 6.31. The van der Waals surface area contributed by atoms with Gasteiger partial charge in [-0.15, -0.1) is 0 Å². The van der Waals surface area contributed by atoms with Gasteiger partial charge >= 0.3 is 0 Å². The predicted octanol–water partition coefficient (Wildman–Crippen LogP) is 4.88. The third kappa shape index (κ3) is 3.76. The average Bonchev–Trinajstić information content (AvgIpc) is 2.76. The molecule has 0 aromatic heterocycles. The van der Waals surface area contributed by atoms with E-state index in [0.717, 1.165) is 16.8 Å². The first-order valence-electron chi connectivity index (χ1n) is 9.58. The van der Waals surface area contributed by atoms with Crippen molar-refractivity contribution >= 4 is 29.1 Å². The van der Waals surface area contributed by atoms with Crippen molar-refractivity contribution in [2.75, 3.05) is 18.0 Å². The zero-order chi connectivity index (χ0) is 20.4. The maximum absolute atomic E-state index is 13.2. The lowest BCUT2D eigenvalue weighted by Crippen LogP contribution is -2.57. The second kappa shape index (κ2) is 8.10. The fourth-order valence-electron chi connectivity index (χ4n) is 3.75. The minimum atomic E-state index is -0.556. The summed E-state index contributed by atoms with van der Waals surface area (Å²) in [6.45, 7) is 2.68. The largest absolute Gasteiger partial charge is 0.325 e. The molecule has 0 aliphatic carbocycles. The highest BCUT2D eigenvalue weighted by atomic mass is 35.5. The number of piperazine rings is 1. The smallest absolute Gasteiger partial charge is 0.254 e. The maximum atomic E-state index is 13.2. The van der Waals surface area contributed by atoms with Crippen molar-refractivity contribution in [1.29, 1.82) is 0 Å². The van der Waals surface area contributed by atoms with Gasteiger partial charge in [-0.2, -0.15) is 0 Å². The Hall–Kier alpha value is -3.11.